The van der Waals surface area contributed by atoms with Crippen LogP contribution in [0.3, 0.4) is 0 Å². The van der Waals surface area contributed by atoms with Crippen molar-refractivity contribution in [2.75, 3.05) is 44.2 Å². The smallest absolute Gasteiger partial charge is 0.274 e. The minimum Gasteiger partial charge on any atom is -0.380 e. The van der Waals surface area contributed by atoms with E-state index in [4.69, 9.17) is 5.73 Å². The Bertz CT molecular complexity index is 1220. The van der Waals surface area contributed by atoms with Crippen molar-refractivity contribution < 1.29 is 19.5 Å². The Morgan fingerprint density at radius 3 is 2.38 bits per heavy atom. The zero-order valence-corrected chi connectivity index (χ0v) is 21.7. The average Bonchev–Trinajstić information content (AvgIpc) is 3.50. The maximum Gasteiger partial charge on any atom is 0.274 e. The molecule has 1 aromatic carbocycles. The largest absolute Gasteiger partial charge is 0.380 e. The summed E-state index contributed by atoms with van der Waals surface area (Å²) in [4.78, 5) is 43.9. The van der Waals surface area contributed by atoms with Crippen LogP contribution >= 0.6 is 0 Å². The summed E-state index contributed by atoms with van der Waals surface area (Å²) in [6.07, 6.45) is 2.72. The maximum absolute atomic E-state index is 13.3. The van der Waals surface area contributed by atoms with E-state index < -0.39 is 11.5 Å². The molecule has 10 heteroatoms. The first kappa shape index (κ1) is 25.3. The second-order valence-corrected chi connectivity index (χ2v) is 10.6. The molecule has 0 bridgehead atoms. The molecule has 2 fully saturated rings. The number of aryl methyl sites for hydroxylation is 1. The first-order valence-corrected chi connectivity index (χ1v) is 13.2. The van der Waals surface area contributed by atoms with Gasteiger partial charge in [-0.1, -0.05) is 12.1 Å². The number of piperazine rings is 1. The lowest BCUT2D eigenvalue weighted by molar-refractivity contribution is -0.140. The number of amides is 3. The number of carbonyl (C=O) groups excluding carboxylic acids is 3. The molecule has 1 aromatic heterocycles. The number of benzene rings is 1. The number of carbonyl (C=O) groups is 3. The molecule has 2 saturated heterocycles. The molecule has 0 saturated carbocycles. The van der Waals surface area contributed by atoms with Crippen LogP contribution < -0.4 is 10.6 Å². The van der Waals surface area contributed by atoms with E-state index in [9.17, 15) is 19.5 Å². The number of nitrogens with two attached hydrogens (primary N) is 1. The van der Waals surface area contributed by atoms with Crippen LogP contribution in [0, 0.1) is 13.8 Å². The van der Waals surface area contributed by atoms with Gasteiger partial charge in [0.05, 0.1) is 0 Å². The fourth-order valence-corrected chi connectivity index (χ4v) is 5.79. The Labute approximate surface area is 217 Å². The van der Waals surface area contributed by atoms with Gasteiger partial charge >= 0.3 is 0 Å². The van der Waals surface area contributed by atoms with Crippen LogP contribution in [-0.4, -0.2) is 87.3 Å². The predicted molar refractivity (Wildman–Crippen MR) is 138 cm³/mol. The lowest BCUT2D eigenvalue weighted by Crippen LogP contribution is -2.53. The molecule has 3 N–H and O–H groups in total. The summed E-state index contributed by atoms with van der Waals surface area (Å²) < 4.78 is 1.72. The Morgan fingerprint density at radius 1 is 1.00 bits per heavy atom. The van der Waals surface area contributed by atoms with Gasteiger partial charge in [0.2, 0.25) is 11.8 Å². The molecule has 5 rings (SSSR count). The number of aliphatic hydroxyl groups is 1. The number of nitrogens with zero attached hydrogens (tertiary/aromatic N) is 5. The van der Waals surface area contributed by atoms with Crippen molar-refractivity contribution in [2.24, 2.45) is 5.73 Å². The molecule has 0 radical (unpaired) electrons. The summed E-state index contributed by atoms with van der Waals surface area (Å²) in [6.45, 7) is 7.73. The van der Waals surface area contributed by atoms with E-state index in [0.717, 1.165) is 43.6 Å². The van der Waals surface area contributed by atoms with Gasteiger partial charge in [-0.2, -0.15) is 5.10 Å². The molecule has 0 atom stereocenters. The van der Waals surface area contributed by atoms with Gasteiger partial charge in [-0.25, -0.2) is 0 Å². The van der Waals surface area contributed by atoms with E-state index in [1.165, 1.54) is 16.8 Å². The fourth-order valence-electron chi connectivity index (χ4n) is 5.79. The highest BCUT2D eigenvalue weighted by Gasteiger charge is 2.40. The lowest BCUT2D eigenvalue weighted by atomic mass is 9.90. The summed E-state index contributed by atoms with van der Waals surface area (Å²) in [6, 6.07) is 6.34. The molecule has 3 amide bonds. The third kappa shape index (κ3) is 4.70. The first-order valence-electron chi connectivity index (χ1n) is 13.2. The third-order valence-electron chi connectivity index (χ3n) is 8.38. The number of primary amides is 1. The fraction of sp³-hybridized carbons (Fsp3) is 0.556. The second-order valence-electron chi connectivity index (χ2n) is 10.6. The summed E-state index contributed by atoms with van der Waals surface area (Å²) >= 11 is 0. The van der Waals surface area contributed by atoms with Crippen molar-refractivity contribution >= 4 is 23.4 Å². The Balaban J connectivity index is 1.24. The molecule has 3 aliphatic rings. The number of hydrogen-bond acceptors (Lipinski definition) is 6. The van der Waals surface area contributed by atoms with Gasteiger partial charge in [-0.05, 0) is 50.3 Å². The van der Waals surface area contributed by atoms with Gasteiger partial charge in [0.1, 0.15) is 12.1 Å². The first-order chi connectivity index (χ1) is 17.7. The SMILES string of the molecule is Cc1cccc(N2CCN(C(=O)Cn3nc(C(=O)N4CCC(O)(C(N)=O)CC4)c4c3CCC4)CC2)c1C. The second kappa shape index (κ2) is 9.81. The van der Waals surface area contributed by atoms with Gasteiger partial charge in [0.15, 0.2) is 5.69 Å². The summed E-state index contributed by atoms with van der Waals surface area (Å²) in [5.74, 6) is -0.947. The van der Waals surface area contributed by atoms with E-state index in [2.05, 4.69) is 42.0 Å². The van der Waals surface area contributed by atoms with Crippen LogP contribution in [-0.2, 0) is 29.0 Å². The lowest BCUT2D eigenvalue weighted by Gasteiger charge is -2.37. The van der Waals surface area contributed by atoms with Crippen molar-refractivity contribution in [3.63, 3.8) is 0 Å². The number of rotatable bonds is 5. The summed E-state index contributed by atoms with van der Waals surface area (Å²) in [5, 5.41) is 14.9. The van der Waals surface area contributed by atoms with Gasteiger partial charge in [-0.3, -0.25) is 19.1 Å². The number of aromatic nitrogens is 2. The molecule has 2 aromatic rings. The molecule has 3 heterocycles. The number of fused-ring (bicyclic) bond motifs is 1. The standard InChI is InChI=1S/C27H36N6O4/c1-18-5-3-7-21(19(18)2)30-13-15-31(16-14-30)23(34)17-33-22-8-4-6-20(22)24(29-33)25(35)32-11-9-27(37,10-12-32)26(28)36/h3,5,7,37H,4,6,8-17H2,1-2H3,(H2,28,36). The number of hydrogen-bond donors (Lipinski definition) is 2. The molecule has 0 spiro atoms. The van der Waals surface area contributed by atoms with Crippen molar-refractivity contribution in [1.29, 1.82) is 0 Å². The molecular formula is C27H36N6O4. The Kier molecular flexibility index (Phi) is 6.70. The predicted octanol–water partition coefficient (Wildman–Crippen LogP) is 0.790. The zero-order chi connectivity index (χ0) is 26.3. The molecular weight excluding hydrogens is 472 g/mol. The highest BCUT2D eigenvalue weighted by atomic mass is 16.3. The van der Waals surface area contributed by atoms with Crippen LogP contribution in [0.25, 0.3) is 0 Å². The molecule has 0 unspecified atom stereocenters. The maximum atomic E-state index is 13.3. The third-order valence-corrected chi connectivity index (χ3v) is 8.38. The van der Waals surface area contributed by atoms with E-state index in [0.29, 0.717) is 18.8 Å². The van der Waals surface area contributed by atoms with Crippen molar-refractivity contribution in [3.8, 4) is 0 Å². The highest BCUT2D eigenvalue weighted by Crippen LogP contribution is 2.29. The van der Waals surface area contributed by atoms with Crippen LogP contribution in [0.4, 0.5) is 5.69 Å². The van der Waals surface area contributed by atoms with Gasteiger partial charge in [0.25, 0.3) is 5.91 Å². The number of piperidine rings is 1. The van der Waals surface area contributed by atoms with Gasteiger partial charge in [0, 0.05) is 69.1 Å². The topological polar surface area (TPSA) is 125 Å². The van der Waals surface area contributed by atoms with Crippen molar-refractivity contribution in [1.82, 2.24) is 19.6 Å². The number of likely N-dealkylation sites (tertiary alicyclic amines) is 1. The minimum absolute atomic E-state index is 0.0151. The quantitative estimate of drug-likeness (QED) is 0.615. The number of anilines is 1. The normalized spacial score (nSPS) is 19.2. The van der Waals surface area contributed by atoms with Crippen molar-refractivity contribution in [3.05, 3.63) is 46.3 Å². The molecule has 37 heavy (non-hydrogen) atoms. The molecule has 2 aliphatic heterocycles. The minimum atomic E-state index is -1.56. The van der Waals surface area contributed by atoms with E-state index in [1.54, 1.807) is 9.58 Å². The average molecular weight is 509 g/mol. The van der Waals surface area contributed by atoms with E-state index in [-0.39, 0.29) is 44.3 Å². The molecule has 1 aliphatic carbocycles. The van der Waals surface area contributed by atoms with Gasteiger partial charge in [-0.15, -0.1) is 0 Å². The van der Waals surface area contributed by atoms with Gasteiger partial charge < -0.3 is 25.5 Å². The van der Waals surface area contributed by atoms with E-state index >= 15 is 0 Å². The highest BCUT2D eigenvalue weighted by molar-refractivity contribution is 5.94. The zero-order valence-electron chi connectivity index (χ0n) is 21.7. The summed E-state index contributed by atoms with van der Waals surface area (Å²) in [5.41, 5.74) is 9.82. The van der Waals surface area contributed by atoms with Crippen LogP contribution in [0.2, 0.25) is 0 Å². The monoisotopic (exact) mass is 508 g/mol. The molecule has 10 nitrogen and oxygen atoms in total. The Morgan fingerprint density at radius 2 is 1.70 bits per heavy atom. The van der Waals surface area contributed by atoms with E-state index in [1.807, 2.05) is 4.90 Å². The van der Waals surface area contributed by atoms with Crippen LogP contribution in [0.5, 0.6) is 0 Å². The Hall–Kier alpha value is -3.40. The van der Waals surface area contributed by atoms with Crippen LogP contribution in [0.1, 0.15) is 52.1 Å². The molecule has 198 valence electrons. The van der Waals surface area contributed by atoms with Crippen molar-refractivity contribution in [2.45, 2.75) is 58.1 Å². The van der Waals surface area contributed by atoms with Crippen LogP contribution in [0.15, 0.2) is 18.2 Å². The summed E-state index contributed by atoms with van der Waals surface area (Å²) in [7, 11) is 0.